The molecule has 13 nitrogen and oxygen atoms in total. The minimum Gasteiger partial charge on any atom is -0.504 e. The summed E-state index contributed by atoms with van der Waals surface area (Å²) in [4.78, 5) is 51.2. The Kier molecular flexibility index (Phi) is 7.96. The number of nitrogens with zero attached hydrogens (tertiary/aromatic N) is 2. The zero-order valence-electron chi connectivity index (χ0n) is 19.7. The average molecular weight is 528 g/mol. The van der Waals surface area contributed by atoms with Gasteiger partial charge in [-0.05, 0) is 44.9 Å². The van der Waals surface area contributed by atoms with Gasteiger partial charge in [-0.15, -0.1) is 0 Å². The Morgan fingerprint density at radius 1 is 1.19 bits per heavy atom. The Morgan fingerprint density at radius 2 is 1.83 bits per heavy atom. The highest BCUT2D eigenvalue weighted by molar-refractivity contribution is 7.74. The molecule has 0 aliphatic carbocycles. The van der Waals surface area contributed by atoms with E-state index in [0.29, 0.717) is 12.8 Å². The molecule has 0 saturated carbocycles. The van der Waals surface area contributed by atoms with Crippen molar-refractivity contribution in [1.29, 1.82) is 0 Å². The van der Waals surface area contributed by atoms with Gasteiger partial charge in [0, 0.05) is 37.2 Å². The molecule has 2 heterocycles. The molecule has 3 rings (SSSR count). The van der Waals surface area contributed by atoms with Crippen LogP contribution < -0.4 is 5.32 Å². The topological polar surface area (TPSA) is 191 Å². The van der Waals surface area contributed by atoms with Crippen LogP contribution in [0.4, 0.5) is 4.79 Å². The third-order valence-corrected chi connectivity index (χ3v) is 7.77. The van der Waals surface area contributed by atoms with E-state index in [-0.39, 0.29) is 36.9 Å². The van der Waals surface area contributed by atoms with E-state index in [1.54, 1.807) is 6.92 Å². The molecular weight excluding hydrogens is 498 g/mol. The fourth-order valence-corrected chi connectivity index (χ4v) is 4.95. The Labute approximate surface area is 208 Å². The summed E-state index contributed by atoms with van der Waals surface area (Å²) in [5, 5.41) is 31.4. The quantitative estimate of drug-likeness (QED) is 0.173. The Balaban J connectivity index is 1.57. The predicted octanol–water partition coefficient (Wildman–Crippen LogP) is -0.127. The van der Waals surface area contributed by atoms with Gasteiger partial charge >= 0.3 is 12.1 Å². The second-order valence-corrected chi connectivity index (χ2v) is 10.7. The van der Waals surface area contributed by atoms with Crippen LogP contribution in [0.25, 0.3) is 0 Å². The number of amides is 3. The summed E-state index contributed by atoms with van der Waals surface area (Å²) < 4.78 is 27.3. The van der Waals surface area contributed by atoms with Gasteiger partial charge < -0.3 is 35.2 Å². The molecule has 198 valence electrons. The van der Waals surface area contributed by atoms with Crippen molar-refractivity contribution in [3.05, 3.63) is 23.8 Å². The monoisotopic (exact) mass is 527 g/mol. The molecule has 3 atom stereocenters. The number of carbonyl (C=O) groups is 4. The van der Waals surface area contributed by atoms with Crippen LogP contribution in [0.2, 0.25) is 0 Å². The molecule has 0 spiro atoms. The van der Waals surface area contributed by atoms with Crippen LogP contribution in [-0.4, -0.2) is 100.0 Å². The maximum atomic E-state index is 12.6. The van der Waals surface area contributed by atoms with Gasteiger partial charge in [-0.25, -0.2) is 18.0 Å². The fraction of sp³-hybridized carbons (Fsp3) is 0.545. The van der Waals surface area contributed by atoms with Crippen molar-refractivity contribution >= 4 is 34.6 Å². The number of carboxylic acid groups (broad SMARTS) is 1. The largest absolute Gasteiger partial charge is 0.504 e. The van der Waals surface area contributed by atoms with Gasteiger partial charge in [-0.2, -0.15) is 0 Å². The molecule has 14 heteroatoms. The highest BCUT2D eigenvalue weighted by Gasteiger charge is 2.53. The highest BCUT2D eigenvalue weighted by atomic mass is 32.2. The van der Waals surface area contributed by atoms with Crippen LogP contribution in [0.3, 0.4) is 0 Å². The zero-order chi connectivity index (χ0) is 26.8. The van der Waals surface area contributed by atoms with Gasteiger partial charge in [0.15, 0.2) is 28.2 Å². The van der Waals surface area contributed by atoms with E-state index in [1.165, 1.54) is 17.0 Å². The van der Waals surface area contributed by atoms with Crippen LogP contribution in [-0.2, 0) is 25.0 Å². The standard InChI is InChI=1S/C22H29N3O10S/c1-12-9-17(28)25(12)18(20(30)31)22(2,36(33)34)11-35-21(32)24-7-5-14(6-8-24)23-19(29)13-3-4-15(26)16(27)10-13/h3-4,10,12,14,18,26-27,36H,5-9,11H2,1-2H3,(H,23,29)(H,30,31)/t12-,18+,22+/m1/s1. The van der Waals surface area contributed by atoms with E-state index in [2.05, 4.69) is 5.32 Å². The lowest BCUT2D eigenvalue weighted by molar-refractivity contribution is -0.163. The number of piperidine rings is 1. The van der Waals surface area contributed by atoms with Gasteiger partial charge in [0.25, 0.3) is 5.91 Å². The Bertz CT molecular complexity index is 1120. The lowest BCUT2D eigenvalue weighted by Gasteiger charge is -2.46. The molecule has 2 fully saturated rings. The number of likely N-dealkylation sites (tertiary alicyclic amines) is 2. The lowest BCUT2D eigenvalue weighted by atomic mass is 9.92. The first-order valence-corrected chi connectivity index (χ1v) is 12.5. The summed E-state index contributed by atoms with van der Waals surface area (Å²) in [5.41, 5.74) is 0.154. The molecule has 1 aromatic carbocycles. The minimum absolute atomic E-state index is 0.106. The van der Waals surface area contributed by atoms with Crippen molar-refractivity contribution in [2.24, 2.45) is 0 Å². The number of nitrogens with one attached hydrogen (secondary N) is 1. The maximum absolute atomic E-state index is 12.6. The van der Waals surface area contributed by atoms with Gasteiger partial charge in [-0.3, -0.25) is 9.59 Å². The first-order valence-electron chi connectivity index (χ1n) is 11.3. The summed E-state index contributed by atoms with van der Waals surface area (Å²) in [6, 6.07) is 1.24. The van der Waals surface area contributed by atoms with Crippen molar-refractivity contribution in [2.75, 3.05) is 19.7 Å². The molecule has 0 aromatic heterocycles. The molecular formula is C22H29N3O10S. The van der Waals surface area contributed by atoms with E-state index < -0.39 is 63.8 Å². The van der Waals surface area contributed by atoms with Gasteiger partial charge in [0.1, 0.15) is 11.4 Å². The fourth-order valence-electron chi connectivity index (χ4n) is 4.34. The summed E-state index contributed by atoms with van der Waals surface area (Å²) in [6.45, 7) is 2.36. The van der Waals surface area contributed by atoms with E-state index in [1.807, 2.05) is 0 Å². The molecule has 2 saturated heterocycles. The highest BCUT2D eigenvalue weighted by Crippen LogP contribution is 2.31. The number of carboxylic acids is 1. The van der Waals surface area contributed by atoms with Crippen LogP contribution in [0.5, 0.6) is 11.5 Å². The SMILES string of the molecule is C[C@@H]1CC(=O)N1[C@@H](C(=O)O)[C@](C)(COC(=O)N1CCC(NC(=O)c2ccc(O)c(O)c2)CC1)[SH](=O)=O. The van der Waals surface area contributed by atoms with Crippen LogP contribution >= 0.6 is 0 Å². The molecule has 1 aromatic rings. The second kappa shape index (κ2) is 10.6. The molecule has 0 unspecified atom stereocenters. The van der Waals surface area contributed by atoms with E-state index in [4.69, 9.17) is 4.74 Å². The Morgan fingerprint density at radius 3 is 2.33 bits per heavy atom. The second-order valence-electron chi connectivity index (χ2n) is 9.20. The number of phenols is 2. The molecule has 36 heavy (non-hydrogen) atoms. The molecule has 3 amide bonds. The van der Waals surface area contributed by atoms with Crippen molar-refractivity contribution in [2.45, 2.75) is 56.0 Å². The van der Waals surface area contributed by atoms with Gasteiger partial charge in [-0.1, -0.05) is 0 Å². The van der Waals surface area contributed by atoms with Crippen molar-refractivity contribution in [3.63, 3.8) is 0 Å². The minimum atomic E-state index is -3.40. The van der Waals surface area contributed by atoms with Crippen LogP contribution in [0.1, 0.15) is 43.5 Å². The Hall–Kier alpha value is -3.55. The first kappa shape index (κ1) is 27.0. The number of rotatable bonds is 8. The molecule has 4 N–H and O–H groups in total. The van der Waals surface area contributed by atoms with Crippen molar-refractivity contribution in [1.82, 2.24) is 15.1 Å². The molecule has 2 aliphatic heterocycles. The lowest BCUT2D eigenvalue weighted by Crippen LogP contribution is -2.67. The number of ether oxygens (including phenoxy) is 1. The summed E-state index contributed by atoms with van der Waals surface area (Å²) in [7, 11) is -3.40. The van der Waals surface area contributed by atoms with E-state index in [9.17, 15) is 42.9 Å². The number of aliphatic carboxylic acids is 1. The molecule has 0 radical (unpaired) electrons. The smallest absolute Gasteiger partial charge is 0.409 e. The number of β-lactam (4-membered cyclic amide) rings is 1. The third kappa shape index (κ3) is 5.48. The number of benzene rings is 1. The number of phenolic OH excluding ortho intramolecular Hbond substituents is 2. The third-order valence-electron chi connectivity index (χ3n) is 6.56. The first-order chi connectivity index (χ1) is 16.8. The summed E-state index contributed by atoms with van der Waals surface area (Å²) in [6.07, 6.45) is 0.0122. The summed E-state index contributed by atoms with van der Waals surface area (Å²) >= 11 is 0. The normalized spacial score (nSPS) is 20.9. The van der Waals surface area contributed by atoms with E-state index >= 15 is 0 Å². The van der Waals surface area contributed by atoms with E-state index in [0.717, 1.165) is 17.9 Å². The maximum Gasteiger partial charge on any atom is 0.409 e. The van der Waals surface area contributed by atoms with Crippen molar-refractivity contribution < 1.29 is 47.7 Å². The number of hydrogen-bond acceptors (Lipinski definition) is 9. The van der Waals surface area contributed by atoms with Gasteiger partial charge in [0.05, 0.1) is 0 Å². The predicted molar refractivity (Wildman–Crippen MR) is 124 cm³/mol. The average Bonchev–Trinajstić information content (AvgIpc) is 2.82. The number of carbonyl (C=O) groups excluding carboxylic acids is 3. The summed E-state index contributed by atoms with van der Waals surface area (Å²) in [5.74, 6) is -3.24. The number of hydrogen-bond donors (Lipinski definition) is 5. The van der Waals surface area contributed by atoms with Crippen molar-refractivity contribution in [3.8, 4) is 11.5 Å². The van der Waals surface area contributed by atoms with Crippen LogP contribution in [0, 0.1) is 0 Å². The van der Waals surface area contributed by atoms with Crippen LogP contribution in [0.15, 0.2) is 18.2 Å². The van der Waals surface area contributed by atoms with Gasteiger partial charge in [0.2, 0.25) is 5.91 Å². The zero-order valence-corrected chi connectivity index (χ0v) is 20.6. The molecule has 2 aliphatic rings. The number of aromatic hydroxyl groups is 2. The molecule has 0 bridgehead atoms. The number of thiol groups is 1.